The standard InChI is InChI=1S/C62H120O14/c1-3-5-7-9-11-13-15-17-19-21-22-23-24-25-26-27-28-30-32-34-36-38-40-42-44-46-71-48-51(74-54(64)45-43-41-39-37-35-33-31-29-20-18-16-14-12-10-8-6-4-2)49-72-61-60(70)58(68)56(66)53(76-61)50-73-62-59(69)57(67)55(65)52(47-63)75-62/h51-53,55-63,65-70H,3-50H2,1-2H3. The van der Waals surface area contributed by atoms with E-state index in [1.807, 2.05) is 0 Å². The molecule has 0 bridgehead atoms. The first-order chi connectivity index (χ1) is 37.1. The van der Waals surface area contributed by atoms with Crippen LogP contribution in [0, 0.1) is 0 Å². The van der Waals surface area contributed by atoms with Gasteiger partial charge in [-0.3, -0.25) is 4.79 Å². The highest BCUT2D eigenvalue weighted by molar-refractivity contribution is 5.69. The van der Waals surface area contributed by atoms with E-state index in [2.05, 4.69) is 13.8 Å². The van der Waals surface area contributed by atoms with Gasteiger partial charge < -0.3 is 64.2 Å². The highest BCUT2D eigenvalue weighted by Crippen LogP contribution is 2.27. The molecule has 11 unspecified atom stereocenters. The summed E-state index contributed by atoms with van der Waals surface area (Å²) in [6.07, 6.45) is 38.9. The van der Waals surface area contributed by atoms with Crippen LogP contribution in [0.25, 0.3) is 0 Å². The Hall–Kier alpha value is -1.01. The topological polar surface area (TPSA) is 214 Å². The average molecular weight is 1090 g/mol. The largest absolute Gasteiger partial charge is 0.457 e. The van der Waals surface area contributed by atoms with E-state index in [1.54, 1.807) is 0 Å². The Morgan fingerprint density at radius 1 is 0.382 bits per heavy atom. The smallest absolute Gasteiger partial charge is 0.306 e. The van der Waals surface area contributed by atoms with E-state index in [1.165, 1.54) is 225 Å². The minimum Gasteiger partial charge on any atom is -0.457 e. The average Bonchev–Trinajstić information content (AvgIpc) is 3.42. The molecule has 2 heterocycles. The molecule has 7 N–H and O–H groups in total. The van der Waals surface area contributed by atoms with E-state index in [9.17, 15) is 40.5 Å². The molecule has 0 spiro atoms. The Labute approximate surface area is 463 Å². The lowest BCUT2D eigenvalue weighted by molar-refractivity contribution is -0.332. The van der Waals surface area contributed by atoms with Crippen LogP contribution in [0.4, 0.5) is 0 Å². The van der Waals surface area contributed by atoms with Gasteiger partial charge in [0.15, 0.2) is 12.6 Å². The fraction of sp³-hybridized carbons (Fsp3) is 0.984. The second-order valence-electron chi connectivity index (χ2n) is 23.0. The summed E-state index contributed by atoms with van der Waals surface area (Å²) in [7, 11) is 0. The number of unbranched alkanes of at least 4 members (excludes halogenated alkanes) is 40. The third-order valence-corrected chi connectivity index (χ3v) is 15.9. The number of hydrogen-bond donors (Lipinski definition) is 7. The van der Waals surface area contributed by atoms with Gasteiger partial charge in [-0.05, 0) is 12.8 Å². The van der Waals surface area contributed by atoms with E-state index in [0.29, 0.717) is 6.61 Å². The lowest BCUT2D eigenvalue weighted by Gasteiger charge is -2.42. The zero-order chi connectivity index (χ0) is 55.1. The van der Waals surface area contributed by atoms with Gasteiger partial charge in [-0.2, -0.15) is 0 Å². The lowest BCUT2D eigenvalue weighted by atomic mass is 9.98. The van der Waals surface area contributed by atoms with Crippen molar-refractivity contribution in [2.45, 2.75) is 357 Å². The molecule has 0 saturated carbocycles. The zero-order valence-corrected chi connectivity index (χ0v) is 48.8. The number of rotatable bonds is 54. The number of carbonyl (C=O) groups is 1. The van der Waals surface area contributed by atoms with Gasteiger partial charge >= 0.3 is 5.97 Å². The highest BCUT2D eigenvalue weighted by atomic mass is 16.7. The van der Waals surface area contributed by atoms with Crippen molar-refractivity contribution in [2.75, 3.05) is 33.0 Å². The molecular formula is C62H120O14. The van der Waals surface area contributed by atoms with Gasteiger partial charge in [-0.1, -0.05) is 271 Å². The Morgan fingerprint density at radius 3 is 1.07 bits per heavy atom. The first-order valence-electron chi connectivity index (χ1n) is 32.1. The summed E-state index contributed by atoms with van der Waals surface area (Å²) in [4.78, 5) is 13.1. The number of aliphatic hydroxyl groups excluding tert-OH is 7. The summed E-state index contributed by atoms with van der Waals surface area (Å²) in [5.41, 5.74) is 0. The van der Waals surface area contributed by atoms with Crippen LogP contribution in [0.3, 0.4) is 0 Å². The van der Waals surface area contributed by atoms with Crippen molar-refractivity contribution in [1.82, 2.24) is 0 Å². The van der Waals surface area contributed by atoms with Crippen molar-refractivity contribution in [3.05, 3.63) is 0 Å². The molecule has 2 rings (SSSR count). The number of esters is 1. The fourth-order valence-electron chi connectivity index (χ4n) is 10.7. The normalized spacial score (nSPS) is 24.3. The van der Waals surface area contributed by atoms with Gasteiger partial charge in [0.2, 0.25) is 0 Å². The molecular weight excluding hydrogens is 969 g/mol. The number of aliphatic hydroxyl groups is 7. The molecule has 2 fully saturated rings. The summed E-state index contributed by atoms with van der Waals surface area (Å²) < 4.78 is 34.5. The second kappa shape index (κ2) is 49.8. The molecule has 14 nitrogen and oxygen atoms in total. The summed E-state index contributed by atoms with van der Waals surface area (Å²) >= 11 is 0. The van der Waals surface area contributed by atoms with Crippen molar-refractivity contribution in [3.63, 3.8) is 0 Å². The lowest BCUT2D eigenvalue weighted by Crippen LogP contribution is -2.61. The van der Waals surface area contributed by atoms with Crippen LogP contribution in [0.2, 0.25) is 0 Å². The minimum absolute atomic E-state index is 0.0713. The molecule has 0 radical (unpaired) electrons. The van der Waals surface area contributed by atoms with Gasteiger partial charge in [0.25, 0.3) is 0 Å². The Balaban J connectivity index is 1.65. The maximum absolute atomic E-state index is 13.1. The van der Waals surface area contributed by atoms with Crippen molar-refractivity contribution >= 4 is 5.97 Å². The van der Waals surface area contributed by atoms with Gasteiger partial charge in [-0.15, -0.1) is 0 Å². The molecule has 0 amide bonds. The summed E-state index contributed by atoms with van der Waals surface area (Å²) in [5.74, 6) is -0.366. The molecule has 76 heavy (non-hydrogen) atoms. The highest BCUT2D eigenvalue weighted by Gasteiger charge is 2.47. The van der Waals surface area contributed by atoms with E-state index >= 15 is 0 Å². The van der Waals surface area contributed by atoms with E-state index in [4.69, 9.17) is 28.4 Å². The van der Waals surface area contributed by atoms with Crippen LogP contribution in [0.5, 0.6) is 0 Å². The Bertz CT molecular complexity index is 1260. The van der Waals surface area contributed by atoms with E-state index in [-0.39, 0.29) is 25.6 Å². The van der Waals surface area contributed by atoms with Gasteiger partial charge in [0.05, 0.1) is 26.4 Å². The van der Waals surface area contributed by atoms with Gasteiger partial charge in [0.1, 0.15) is 54.9 Å². The monoisotopic (exact) mass is 1090 g/mol. The maximum Gasteiger partial charge on any atom is 0.306 e. The summed E-state index contributed by atoms with van der Waals surface area (Å²) in [5, 5.41) is 72.4. The molecule has 2 aliphatic rings. The Kier molecular flexibility index (Phi) is 46.6. The van der Waals surface area contributed by atoms with Crippen LogP contribution >= 0.6 is 0 Å². The predicted molar refractivity (Wildman–Crippen MR) is 303 cm³/mol. The van der Waals surface area contributed by atoms with Crippen molar-refractivity contribution in [2.24, 2.45) is 0 Å². The van der Waals surface area contributed by atoms with Crippen LogP contribution in [-0.2, 0) is 33.2 Å². The third-order valence-electron chi connectivity index (χ3n) is 15.9. The van der Waals surface area contributed by atoms with Crippen LogP contribution in [0.1, 0.15) is 290 Å². The summed E-state index contributed by atoms with van der Waals surface area (Å²) in [6, 6.07) is 0. The van der Waals surface area contributed by atoms with Crippen LogP contribution in [-0.4, -0.2) is 142 Å². The first kappa shape index (κ1) is 71.1. The van der Waals surface area contributed by atoms with Crippen molar-refractivity contribution in [3.8, 4) is 0 Å². The molecule has 2 aliphatic heterocycles. The number of ether oxygens (including phenoxy) is 6. The molecule has 452 valence electrons. The molecule has 2 saturated heterocycles. The van der Waals surface area contributed by atoms with E-state index in [0.717, 1.165) is 44.9 Å². The molecule has 0 aliphatic carbocycles. The molecule has 14 heteroatoms. The van der Waals surface area contributed by atoms with Crippen LogP contribution < -0.4 is 0 Å². The van der Waals surface area contributed by atoms with Crippen molar-refractivity contribution in [1.29, 1.82) is 0 Å². The quantitative estimate of drug-likeness (QED) is 0.0223. The van der Waals surface area contributed by atoms with Gasteiger partial charge in [-0.25, -0.2) is 0 Å². The molecule has 0 aromatic carbocycles. The number of carbonyl (C=O) groups excluding carboxylic acids is 1. The number of hydrogen-bond acceptors (Lipinski definition) is 14. The molecule has 0 aromatic rings. The Morgan fingerprint density at radius 2 is 0.697 bits per heavy atom. The van der Waals surface area contributed by atoms with Gasteiger partial charge in [0, 0.05) is 13.0 Å². The molecule has 0 aromatic heterocycles. The maximum atomic E-state index is 13.1. The SMILES string of the molecule is CCCCCCCCCCCCCCCCCCCCCCCCCCCOCC(COC1OC(COC2OC(CO)C(O)C(O)C2O)C(O)C(O)C1O)OC(=O)CCCCCCCCCCCCCCCCCCC. The van der Waals surface area contributed by atoms with E-state index < -0.39 is 80.7 Å². The second-order valence-corrected chi connectivity index (χ2v) is 23.0. The van der Waals surface area contributed by atoms with Crippen molar-refractivity contribution < 1.29 is 69.0 Å². The minimum atomic E-state index is -1.70. The molecule has 11 atom stereocenters. The van der Waals surface area contributed by atoms with Crippen LogP contribution in [0.15, 0.2) is 0 Å². The zero-order valence-electron chi connectivity index (χ0n) is 48.8. The first-order valence-corrected chi connectivity index (χ1v) is 32.1. The summed E-state index contributed by atoms with van der Waals surface area (Å²) in [6.45, 7) is 3.78. The third kappa shape index (κ3) is 35.7. The fourth-order valence-corrected chi connectivity index (χ4v) is 10.7. The predicted octanol–water partition coefficient (Wildman–Crippen LogP) is 12.4.